The van der Waals surface area contributed by atoms with Gasteiger partial charge in [0.25, 0.3) is 5.91 Å². The molecule has 0 bridgehead atoms. The van der Waals surface area contributed by atoms with Crippen molar-refractivity contribution in [3.63, 3.8) is 0 Å². The number of hydrogen-bond acceptors (Lipinski definition) is 5. The van der Waals surface area contributed by atoms with Crippen LogP contribution in [0.3, 0.4) is 0 Å². The highest BCUT2D eigenvalue weighted by atomic mass is 35.5. The summed E-state index contributed by atoms with van der Waals surface area (Å²) in [6.45, 7) is 0. The lowest BCUT2D eigenvalue weighted by Crippen LogP contribution is -2.08. The third-order valence-corrected chi connectivity index (χ3v) is 4.47. The molecule has 0 aliphatic rings. The molecule has 8 heteroatoms. The molecular weight excluding hydrogens is 308 g/mol. The fraction of sp³-hybridized carbons (Fsp3) is 0.0909. The van der Waals surface area contributed by atoms with E-state index in [1.54, 1.807) is 12.1 Å². The van der Waals surface area contributed by atoms with Crippen molar-refractivity contribution >= 4 is 39.5 Å². The molecule has 5 nitrogen and oxygen atoms in total. The summed E-state index contributed by atoms with van der Waals surface area (Å²) in [7, 11) is -3.20. The summed E-state index contributed by atoms with van der Waals surface area (Å²) in [4.78, 5) is 15.6. The number of nitrogens with zero attached hydrogens (tertiary/aromatic N) is 1. The third-order valence-electron chi connectivity index (χ3n) is 2.28. The Hall–Kier alpha value is -1.44. The van der Waals surface area contributed by atoms with Gasteiger partial charge in [0.2, 0.25) is 0 Å². The average molecular weight is 319 g/mol. The molecule has 0 spiro atoms. The van der Waals surface area contributed by atoms with Gasteiger partial charge in [-0.2, -0.15) is 0 Å². The quantitative estimate of drug-likeness (QED) is 0.933. The van der Waals surface area contributed by atoms with Crippen LogP contribution in [0, 0.1) is 0 Å². The normalized spacial score (nSPS) is 10.8. The molecule has 2 N–H and O–H groups in total. The fourth-order valence-corrected chi connectivity index (χ4v) is 2.77. The van der Waals surface area contributed by atoms with Crippen molar-refractivity contribution in [3.8, 4) is 10.6 Å². The van der Waals surface area contributed by atoms with E-state index < -0.39 is 15.7 Å². The number of nitrogens with two attached hydrogens (primary N) is 1. The first-order valence-electron chi connectivity index (χ1n) is 4.94. The Balaban J connectivity index is 0.00000180. The number of carbonyl (C=O) groups is 1. The Labute approximate surface area is 120 Å². The molecule has 0 saturated carbocycles. The summed E-state index contributed by atoms with van der Waals surface area (Å²) in [5.74, 6) is -0.522. The monoisotopic (exact) mass is 318 g/mol. The predicted octanol–water partition coefficient (Wildman–Crippen LogP) is 1.73. The number of aromatic nitrogens is 1. The molecule has 0 fully saturated rings. The van der Waals surface area contributed by atoms with Crippen LogP contribution in [-0.4, -0.2) is 25.6 Å². The Bertz CT molecular complexity index is 693. The van der Waals surface area contributed by atoms with Gasteiger partial charge in [0.05, 0.1) is 11.1 Å². The van der Waals surface area contributed by atoms with Gasteiger partial charge in [-0.1, -0.05) is 12.1 Å². The van der Waals surface area contributed by atoms with Crippen molar-refractivity contribution in [2.45, 2.75) is 4.90 Å². The van der Waals surface area contributed by atoms with Gasteiger partial charge in [-0.25, -0.2) is 13.4 Å². The minimum atomic E-state index is -3.20. The molecule has 102 valence electrons. The molecule has 0 atom stereocenters. The Morgan fingerprint density at radius 3 is 2.26 bits per heavy atom. The van der Waals surface area contributed by atoms with E-state index >= 15 is 0 Å². The number of rotatable bonds is 3. The van der Waals surface area contributed by atoms with Crippen LogP contribution in [0.1, 0.15) is 9.67 Å². The summed E-state index contributed by atoms with van der Waals surface area (Å²) in [5.41, 5.74) is 5.89. The molecule has 0 unspecified atom stereocenters. The maximum absolute atomic E-state index is 11.3. The number of carbonyl (C=O) groups excluding carboxylic acids is 1. The van der Waals surface area contributed by atoms with Crippen LogP contribution in [-0.2, 0) is 9.84 Å². The van der Waals surface area contributed by atoms with Crippen molar-refractivity contribution in [2.24, 2.45) is 5.73 Å². The minimum absolute atomic E-state index is 0. The zero-order valence-electron chi connectivity index (χ0n) is 9.86. The first kappa shape index (κ1) is 15.6. The molecule has 2 rings (SSSR count). The molecule has 0 aliphatic heterocycles. The molecule has 19 heavy (non-hydrogen) atoms. The van der Waals surface area contributed by atoms with Crippen molar-refractivity contribution in [1.29, 1.82) is 0 Å². The maximum atomic E-state index is 11.3. The standard InChI is InChI=1S/C11H10N2O3S2.ClH/c1-18(15,16)8-4-2-7(3-5-8)11-13-6-9(17-11)10(12)14;/h2-6H,1H3,(H2,12,14);1H. The minimum Gasteiger partial charge on any atom is -0.365 e. The summed E-state index contributed by atoms with van der Waals surface area (Å²) in [6, 6.07) is 6.33. The summed E-state index contributed by atoms with van der Waals surface area (Å²) in [5, 5.41) is 0.629. The van der Waals surface area contributed by atoms with Crippen LogP contribution in [0.15, 0.2) is 35.4 Å². The van der Waals surface area contributed by atoms with E-state index in [0.29, 0.717) is 9.88 Å². The summed E-state index contributed by atoms with van der Waals surface area (Å²) in [6.07, 6.45) is 2.56. The SMILES string of the molecule is CS(=O)(=O)c1ccc(-c2ncc(C(N)=O)s2)cc1.Cl. The molecule has 1 heterocycles. The lowest BCUT2D eigenvalue weighted by molar-refractivity contribution is 0.100. The number of amides is 1. The zero-order valence-corrected chi connectivity index (χ0v) is 12.3. The topological polar surface area (TPSA) is 90.1 Å². The van der Waals surface area contributed by atoms with E-state index in [0.717, 1.165) is 11.8 Å². The highest BCUT2D eigenvalue weighted by Gasteiger charge is 2.10. The summed E-state index contributed by atoms with van der Waals surface area (Å²) < 4.78 is 22.6. The van der Waals surface area contributed by atoms with E-state index in [9.17, 15) is 13.2 Å². The summed E-state index contributed by atoms with van der Waals surface area (Å²) >= 11 is 1.17. The molecule has 1 aromatic carbocycles. The number of halogens is 1. The van der Waals surface area contributed by atoms with Gasteiger partial charge in [-0.15, -0.1) is 23.7 Å². The molecular formula is C11H11ClN2O3S2. The lowest BCUT2D eigenvalue weighted by Gasteiger charge is -1.99. The number of hydrogen-bond donors (Lipinski definition) is 1. The first-order chi connectivity index (χ1) is 8.38. The van der Waals surface area contributed by atoms with E-state index in [-0.39, 0.29) is 17.3 Å². The van der Waals surface area contributed by atoms with Crippen molar-refractivity contribution in [1.82, 2.24) is 4.98 Å². The van der Waals surface area contributed by atoms with Crippen LogP contribution in [0.2, 0.25) is 0 Å². The second-order valence-electron chi connectivity index (χ2n) is 3.69. The molecule has 0 radical (unpaired) electrons. The third kappa shape index (κ3) is 3.52. The lowest BCUT2D eigenvalue weighted by atomic mass is 10.2. The second-order valence-corrected chi connectivity index (χ2v) is 6.74. The number of primary amides is 1. The molecule has 0 aliphatic carbocycles. The van der Waals surface area contributed by atoms with Gasteiger partial charge in [-0.05, 0) is 12.1 Å². The Morgan fingerprint density at radius 2 is 1.84 bits per heavy atom. The van der Waals surface area contributed by atoms with Gasteiger partial charge < -0.3 is 5.73 Å². The molecule has 1 aromatic heterocycles. The van der Waals surface area contributed by atoms with E-state index in [1.807, 2.05) is 0 Å². The largest absolute Gasteiger partial charge is 0.365 e. The van der Waals surface area contributed by atoms with Crippen molar-refractivity contribution < 1.29 is 13.2 Å². The second kappa shape index (κ2) is 5.68. The van der Waals surface area contributed by atoms with Gasteiger partial charge >= 0.3 is 0 Å². The van der Waals surface area contributed by atoms with E-state index in [4.69, 9.17) is 5.73 Å². The Kier molecular flexibility index (Phi) is 4.67. The maximum Gasteiger partial charge on any atom is 0.260 e. The molecule has 2 aromatic rings. The van der Waals surface area contributed by atoms with Crippen molar-refractivity contribution in [2.75, 3.05) is 6.26 Å². The highest BCUT2D eigenvalue weighted by Crippen LogP contribution is 2.25. The average Bonchev–Trinajstić information content (AvgIpc) is 2.77. The number of sulfone groups is 1. The molecule has 0 saturated heterocycles. The van der Waals surface area contributed by atoms with Crippen LogP contribution in [0.25, 0.3) is 10.6 Å². The van der Waals surface area contributed by atoms with E-state index in [1.165, 1.54) is 29.7 Å². The van der Waals surface area contributed by atoms with Crippen LogP contribution in [0.4, 0.5) is 0 Å². The number of benzene rings is 1. The first-order valence-corrected chi connectivity index (χ1v) is 7.65. The zero-order chi connectivity index (χ0) is 13.3. The fourth-order valence-electron chi connectivity index (χ4n) is 1.37. The smallest absolute Gasteiger partial charge is 0.260 e. The van der Waals surface area contributed by atoms with Gasteiger partial charge in [-0.3, -0.25) is 4.79 Å². The van der Waals surface area contributed by atoms with Crippen LogP contribution >= 0.6 is 23.7 Å². The van der Waals surface area contributed by atoms with Gasteiger partial charge in [0.15, 0.2) is 9.84 Å². The van der Waals surface area contributed by atoms with Crippen molar-refractivity contribution in [3.05, 3.63) is 35.3 Å². The van der Waals surface area contributed by atoms with Gasteiger partial charge in [0.1, 0.15) is 9.88 Å². The highest BCUT2D eigenvalue weighted by molar-refractivity contribution is 7.90. The van der Waals surface area contributed by atoms with Crippen LogP contribution < -0.4 is 5.73 Å². The number of thiazole rings is 1. The molecule has 1 amide bonds. The predicted molar refractivity (Wildman–Crippen MR) is 76.4 cm³/mol. The Morgan fingerprint density at radius 1 is 1.26 bits per heavy atom. The van der Waals surface area contributed by atoms with Gasteiger partial charge in [0, 0.05) is 11.8 Å². The van der Waals surface area contributed by atoms with E-state index in [2.05, 4.69) is 4.98 Å². The van der Waals surface area contributed by atoms with Crippen LogP contribution in [0.5, 0.6) is 0 Å².